The Bertz CT molecular complexity index is 607. The van der Waals surface area contributed by atoms with Gasteiger partial charge >= 0.3 is 0 Å². The first-order chi connectivity index (χ1) is 8.47. The normalized spacial score (nSPS) is 10.5. The summed E-state index contributed by atoms with van der Waals surface area (Å²) in [6.07, 6.45) is 0. The Morgan fingerprint density at radius 3 is 2.39 bits per heavy atom. The lowest BCUT2D eigenvalue weighted by Crippen LogP contribution is -1.98. The van der Waals surface area contributed by atoms with E-state index in [-0.39, 0.29) is 10.8 Å². The third-order valence-corrected chi connectivity index (χ3v) is 2.49. The van der Waals surface area contributed by atoms with Crippen LogP contribution in [0.5, 0.6) is 11.6 Å². The second-order valence-electron chi connectivity index (χ2n) is 3.22. The van der Waals surface area contributed by atoms with E-state index in [0.717, 1.165) is 0 Å². The van der Waals surface area contributed by atoms with E-state index >= 15 is 0 Å². The maximum absolute atomic E-state index is 13.3. The largest absolute Gasteiger partial charge is 0.435 e. The van der Waals surface area contributed by atoms with Crippen molar-refractivity contribution in [1.82, 2.24) is 4.98 Å². The molecule has 1 heterocycles. The highest BCUT2D eigenvalue weighted by Gasteiger charge is 2.14. The number of ether oxygens (including phenoxy) is 1. The molecular formula is C11H4Cl2F3NO. The summed E-state index contributed by atoms with van der Waals surface area (Å²) in [4.78, 5) is 3.00. The molecule has 0 atom stereocenters. The van der Waals surface area contributed by atoms with Gasteiger partial charge in [-0.25, -0.2) is 8.78 Å². The van der Waals surface area contributed by atoms with Gasteiger partial charge in [-0.1, -0.05) is 23.2 Å². The summed E-state index contributed by atoms with van der Waals surface area (Å²) in [5.74, 6) is -4.69. The topological polar surface area (TPSA) is 22.1 Å². The van der Waals surface area contributed by atoms with Crippen molar-refractivity contribution in [1.29, 1.82) is 0 Å². The third-order valence-electron chi connectivity index (χ3n) is 1.96. The van der Waals surface area contributed by atoms with Crippen LogP contribution in [0.15, 0.2) is 24.3 Å². The molecule has 0 saturated carbocycles. The van der Waals surface area contributed by atoms with E-state index in [9.17, 15) is 13.2 Å². The number of hydrogen-bond acceptors (Lipinski definition) is 2. The first-order valence-corrected chi connectivity index (χ1v) is 5.37. The number of nitrogens with zero attached hydrogens (tertiary/aromatic N) is 1. The lowest BCUT2D eigenvalue weighted by atomic mass is 10.3. The molecule has 0 aliphatic carbocycles. The van der Waals surface area contributed by atoms with Crippen molar-refractivity contribution < 1.29 is 17.9 Å². The van der Waals surface area contributed by atoms with E-state index in [1.807, 2.05) is 0 Å². The minimum absolute atomic E-state index is 0.0264. The number of rotatable bonds is 2. The number of benzene rings is 1. The van der Waals surface area contributed by atoms with Gasteiger partial charge in [0.2, 0.25) is 0 Å². The molecule has 1 aromatic carbocycles. The van der Waals surface area contributed by atoms with Gasteiger partial charge in [0.25, 0.3) is 11.8 Å². The standard InChI is InChI=1S/C11H4Cl2F3NO/c12-5-1-2-9(6(13)3-5)18-11-8(15)4-7(14)10(16)17-11/h1-4H. The molecule has 0 fully saturated rings. The van der Waals surface area contributed by atoms with Gasteiger partial charge in [-0.15, -0.1) is 0 Å². The van der Waals surface area contributed by atoms with E-state index in [1.54, 1.807) is 0 Å². The summed E-state index contributed by atoms with van der Waals surface area (Å²) in [7, 11) is 0. The van der Waals surface area contributed by atoms with Gasteiger partial charge in [-0.3, -0.25) is 0 Å². The molecule has 2 nitrogen and oxygen atoms in total. The van der Waals surface area contributed by atoms with Crippen LogP contribution in [0.1, 0.15) is 0 Å². The highest BCUT2D eigenvalue weighted by molar-refractivity contribution is 6.35. The summed E-state index contributed by atoms with van der Waals surface area (Å²) in [6, 6.07) is 4.49. The minimum Gasteiger partial charge on any atom is -0.435 e. The van der Waals surface area contributed by atoms with Gasteiger partial charge in [0.15, 0.2) is 11.6 Å². The van der Waals surface area contributed by atoms with Gasteiger partial charge in [0.1, 0.15) is 5.75 Å². The van der Waals surface area contributed by atoms with E-state index in [0.29, 0.717) is 11.1 Å². The molecule has 0 bridgehead atoms. The molecule has 7 heteroatoms. The fourth-order valence-electron chi connectivity index (χ4n) is 1.16. The Morgan fingerprint density at radius 2 is 1.72 bits per heavy atom. The molecule has 0 aliphatic rings. The molecule has 18 heavy (non-hydrogen) atoms. The predicted octanol–water partition coefficient (Wildman–Crippen LogP) is 4.60. The number of pyridine rings is 1. The summed E-state index contributed by atoms with van der Waals surface area (Å²) >= 11 is 11.4. The van der Waals surface area contributed by atoms with Crippen LogP contribution in [0.3, 0.4) is 0 Å². The maximum atomic E-state index is 13.3. The highest BCUT2D eigenvalue weighted by atomic mass is 35.5. The molecule has 1 aromatic heterocycles. The number of halogens is 5. The second kappa shape index (κ2) is 5.04. The third kappa shape index (κ3) is 2.68. The van der Waals surface area contributed by atoms with Crippen LogP contribution >= 0.6 is 23.2 Å². The Labute approximate surface area is 110 Å². The Balaban J connectivity index is 2.37. The zero-order chi connectivity index (χ0) is 13.3. The fraction of sp³-hybridized carbons (Fsp3) is 0. The Morgan fingerprint density at radius 1 is 1.00 bits per heavy atom. The molecular weight excluding hydrogens is 290 g/mol. The van der Waals surface area contributed by atoms with Crippen molar-refractivity contribution in [2.24, 2.45) is 0 Å². The molecule has 0 aliphatic heterocycles. The summed E-state index contributed by atoms with van der Waals surface area (Å²) in [6.45, 7) is 0. The molecule has 0 N–H and O–H groups in total. The van der Waals surface area contributed by atoms with Crippen LogP contribution < -0.4 is 4.74 Å². The number of hydrogen-bond donors (Lipinski definition) is 0. The molecule has 0 unspecified atom stereocenters. The zero-order valence-electron chi connectivity index (χ0n) is 8.55. The first-order valence-electron chi connectivity index (χ1n) is 4.62. The van der Waals surface area contributed by atoms with Crippen LogP contribution in [-0.4, -0.2) is 4.98 Å². The minimum atomic E-state index is -1.46. The lowest BCUT2D eigenvalue weighted by molar-refractivity contribution is 0.387. The smallest absolute Gasteiger partial charge is 0.258 e. The molecule has 2 aromatic rings. The first kappa shape index (κ1) is 13.0. The van der Waals surface area contributed by atoms with Gasteiger partial charge in [0.05, 0.1) is 5.02 Å². The molecule has 0 saturated heterocycles. The van der Waals surface area contributed by atoms with Crippen LogP contribution in [0, 0.1) is 17.6 Å². The second-order valence-corrected chi connectivity index (χ2v) is 4.07. The molecule has 0 amide bonds. The van der Waals surface area contributed by atoms with Crippen LogP contribution in [0.4, 0.5) is 13.2 Å². The van der Waals surface area contributed by atoms with Gasteiger partial charge < -0.3 is 4.74 Å². The van der Waals surface area contributed by atoms with Crippen molar-refractivity contribution >= 4 is 23.2 Å². The maximum Gasteiger partial charge on any atom is 0.258 e. The van der Waals surface area contributed by atoms with Crippen molar-refractivity contribution in [3.8, 4) is 11.6 Å². The summed E-state index contributed by atoms with van der Waals surface area (Å²) < 4.78 is 43.7. The van der Waals surface area contributed by atoms with Gasteiger partial charge in [-0.2, -0.15) is 9.37 Å². The lowest BCUT2D eigenvalue weighted by Gasteiger charge is -2.07. The molecule has 0 radical (unpaired) electrons. The predicted molar refractivity (Wildman–Crippen MR) is 60.6 cm³/mol. The number of aromatic nitrogens is 1. The van der Waals surface area contributed by atoms with E-state index < -0.39 is 23.5 Å². The zero-order valence-corrected chi connectivity index (χ0v) is 10.1. The van der Waals surface area contributed by atoms with Crippen LogP contribution in [0.2, 0.25) is 10.0 Å². The van der Waals surface area contributed by atoms with E-state index in [2.05, 4.69) is 4.98 Å². The average molecular weight is 294 g/mol. The average Bonchev–Trinajstić information content (AvgIpc) is 2.29. The fourth-order valence-corrected chi connectivity index (χ4v) is 1.61. The highest BCUT2D eigenvalue weighted by Crippen LogP contribution is 2.32. The van der Waals surface area contributed by atoms with Crippen LogP contribution in [-0.2, 0) is 0 Å². The summed E-state index contributed by atoms with van der Waals surface area (Å²) in [5, 5.41) is 0.444. The Hall–Kier alpha value is -1.46. The van der Waals surface area contributed by atoms with Gasteiger partial charge in [-0.05, 0) is 18.2 Å². The monoisotopic (exact) mass is 293 g/mol. The SMILES string of the molecule is Fc1cc(F)c(Oc2ccc(Cl)cc2Cl)nc1F. The van der Waals surface area contributed by atoms with Gasteiger partial charge in [0, 0.05) is 11.1 Å². The molecule has 2 rings (SSSR count). The summed E-state index contributed by atoms with van der Waals surface area (Å²) in [5.41, 5.74) is 0. The molecule has 94 valence electrons. The van der Waals surface area contributed by atoms with Crippen molar-refractivity contribution in [3.63, 3.8) is 0 Å². The van der Waals surface area contributed by atoms with E-state index in [4.69, 9.17) is 27.9 Å². The quantitative estimate of drug-likeness (QED) is 0.755. The van der Waals surface area contributed by atoms with Crippen molar-refractivity contribution in [3.05, 3.63) is 51.9 Å². The Kier molecular flexibility index (Phi) is 3.63. The van der Waals surface area contributed by atoms with Crippen molar-refractivity contribution in [2.75, 3.05) is 0 Å². The van der Waals surface area contributed by atoms with Crippen molar-refractivity contribution in [2.45, 2.75) is 0 Å². The molecule has 0 spiro atoms. The van der Waals surface area contributed by atoms with Crippen LogP contribution in [0.25, 0.3) is 0 Å². The van der Waals surface area contributed by atoms with E-state index in [1.165, 1.54) is 18.2 Å².